The van der Waals surface area contributed by atoms with Crippen LogP contribution < -0.4 is 5.32 Å². The molecule has 9 heteroatoms. The number of nitrogens with zero attached hydrogens (tertiary/aromatic N) is 1. The van der Waals surface area contributed by atoms with E-state index in [0.717, 1.165) is 16.5 Å². The fourth-order valence-corrected chi connectivity index (χ4v) is 3.95. The van der Waals surface area contributed by atoms with Crippen LogP contribution >= 0.6 is 11.6 Å². The zero-order chi connectivity index (χ0) is 23.2. The third-order valence-corrected chi connectivity index (χ3v) is 5.84. The van der Waals surface area contributed by atoms with E-state index in [9.17, 15) is 14.4 Å². The lowest BCUT2D eigenvalue weighted by molar-refractivity contribution is -0.155. The van der Waals surface area contributed by atoms with Crippen LogP contribution in [0.15, 0.2) is 54.7 Å². The van der Waals surface area contributed by atoms with E-state index in [1.807, 2.05) is 24.3 Å². The maximum absolute atomic E-state index is 13.0. The molecule has 2 heterocycles. The summed E-state index contributed by atoms with van der Waals surface area (Å²) in [7, 11) is 0. The molecule has 0 radical (unpaired) electrons. The van der Waals surface area contributed by atoms with Gasteiger partial charge in [-0.1, -0.05) is 41.9 Å². The molecule has 1 aliphatic rings. The van der Waals surface area contributed by atoms with Gasteiger partial charge in [-0.2, -0.15) is 0 Å². The first-order valence-corrected chi connectivity index (χ1v) is 11.0. The summed E-state index contributed by atoms with van der Waals surface area (Å²) in [6, 6.07) is 13.2. The van der Waals surface area contributed by atoms with Gasteiger partial charge in [-0.25, -0.2) is 4.79 Å². The van der Waals surface area contributed by atoms with Crippen LogP contribution in [0.2, 0.25) is 5.02 Å². The molecule has 1 aromatic heterocycles. The maximum atomic E-state index is 13.0. The van der Waals surface area contributed by atoms with E-state index in [1.54, 1.807) is 35.4 Å². The summed E-state index contributed by atoms with van der Waals surface area (Å²) in [5.74, 6) is -1.49. The Morgan fingerprint density at radius 1 is 1.09 bits per heavy atom. The molecule has 2 N–H and O–H groups in total. The minimum absolute atomic E-state index is 0.185. The zero-order valence-electron chi connectivity index (χ0n) is 17.9. The summed E-state index contributed by atoms with van der Waals surface area (Å²) < 4.78 is 10.6. The number of morpholine rings is 1. The topological polar surface area (TPSA) is 101 Å². The fraction of sp³-hybridized carbons (Fsp3) is 0.292. The number of ether oxygens (including phenoxy) is 2. The summed E-state index contributed by atoms with van der Waals surface area (Å²) in [6.45, 7) is 1.43. The lowest BCUT2D eigenvalue weighted by Crippen LogP contribution is -2.46. The molecule has 4 rings (SSSR count). The minimum Gasteiger partial charge on any atom is -0.454 e. The van der Waals surface area contributed by atoms with Crippen molar-refractivity contribution in [2.45, 2.75) is 12.5 Å². The number of halogens is 1. The number of benzene rings is 2. The fourth-order valence-electron chi connectivity index (χ4n) is 3.73. The summed E-state index contributed by atoms with van der Waals surface area (Å²) in [6.07, 6.45) is 1.98. The summed E-state index contributed by atoms with van der Waals surface area (Å²) >= 11 is 6.15. The van der Waals surface area contributed by atoms with Crippen molar-refractivity contribution in [3.63, 3.8) is 0 Å². The van der Waals surface area contributed by atoms with E-state index in [2.05, 4.69) is 10.3 Å². The third kappa shape index (κ3) is 5.53. The average molecular weight is 470 g/mol. The number of nitrogens with one attached hydrogen (secondary N) is 2. The van der Waals surface area contributed by atoms with Crippen molar-refractivity contribution in [3.8, 4) is 0 Å². The van der Waals surface area contributed by atoms with Crippen LogP contribution in [0.1, 0.15) is 15.9 Å². The SMILES string of the molecule is O=C(N[C@@H](Cc1c[nH]c2ccccc12)C(=O)OCC(=O)N1CCOCC1)c1ccccc1Cl. The standard InChI is InChI=1S/C24H24ClN3O5/c25-19-7-3-1-6-18(19)23(30)27-21(13-16-14-26-20-8-4-2-5-17(16)20)24(31)33-15-22(29)28-9-11-32-12-10-28/h1-8,14,21,26H,9-13,15H2,(H,27,30)/t21-/m0/s1. The second-order valence-electron chi connectivity index (χ2n) is 7.67. The van der Waals surface area contributed by atoms with Gasteiger partial charge < -0.3 is 24.7 Å². The predicted octanol–water partition coefficient (Wildman–Crippen LogP) is 2.56. The Labute approximate surface area is 195 Å². The van der Waals surface area contributed by atoms with E-state index < -0.39 is 24.5 Å². The molecule has 1 aliphatic heterocycles. The van der Waals surface area contributed by atoms with Gasteiger partial charge in [-0.15, -0.1) is 0 Å². The van der Waals surface area contributed by atoms with Crippen LogP contribution in [0.25, 0.3) is 10.9 Å². The second kappa shape index (κ2) is 10.5. The number of amides is 2. The molecule has 1 fully saturated rings. The Morgan fingerprint density at radius 2 is 1.82 bits per heavy atom. The number of esters is 1. The number of aromatic amines is 1. The van der Waals surface area contributed by atoms with Gasteiger partial charge in [0.15, 0.2) is 6.61 Å². The largest absolute Gasteiger partial charge is 0.454 e. The van der Waals surface area contributed by atoms with Gasteiger partial charge in [0.1, 0.15) is 6.04 Å². The van der Waals surface area contributed by atoms with Crippen LogP contribution in [0.3, 0.4) is 0 Å². The van der Waals surface area contributed by atoms with Crippen molar-refractivity contribution < 1.29 is 23.9 Å². The Morgan fingerprint density at radius 3 is 2.61 bits per heavy atom. The highest BCUT2D eigenvalue weighted by atomic mass is 35.5. The van der Waals surface area contributed by atoms with E-state index in [4.69, 9.17) is 21.1 Å². The number of carbonyl (C=O) groups excluding carboxylic acids is 3. The quantitative estimate of drug-likeness (QED) is 0.518. The molecular weight excluding hydrogens is 446 g/mol. The van der Waals surface area contributed by atoms with Crippen molar-refractivity contribution in [1.29, 1.82) is 0 Å². The van der Waals surface area contributed by atoms with E-state index >= 15 is 0 Å². The van der Waals surface area contributed by atoms with Crippen molar-refractivity contribution in [2.24, 2.45) is 0 Å². The number of aromatic nitrogens is 1. The Kier molecular flexibility index (Phi) is 7.26. The predicted molar refractivity (Wildman–Crippen MR) is 123 cm³/mol. The maximum Gasteiger partial charge on any atom is 0.329 e. The molecule has 3 aromatic rings. The highest BCUT2D eigenvalue weighted by Gasteiger charge is 2.27. The van der Waals surface area contributed by atoms with Crippen molar-refractivity contribution >= 4 is 40.3 Å². The number of fused-ring (bicyclic) bond motifs is 1. The molecule has 1 saturated heterocycles. The van der Waals surface area contributed by atoms with Crippen LogP contribution in [-0.2, 0) is 25.5 Å². The van der Waals surface area contributed by atoms with E-state index in [1.165, 1.54) is 0 Å². The van der Waals surface area contributed by atoms with Gasteiger partial charge in [0.25, 0.3) is 11.8 Å². The molecule has 2 aromatic carbocycles. The molecule has 172 valence electrons. The number of para-hydroxylation sites is 1. The lowest BCUT2D eigenvalue weighted by Gasteiger charge is -2.27. The van der Waals surface area contributed by atoms with Gasteiger partial charge in [0, 0.05) is 36.6 Å². The Hall–Kier alpha value is -3.36. The van der Waals surface area contributed by atoms with Gasteiger partial charge >= 0.3 is 5.97 Å². The summed E-state index contributed by atoms with van der Waals surface area (Å²) in [5, 5.41) is 3.93. The van der Waals surface area contributed by atoms with Gasteiger partial charge in [0.2, 0.25) is 0 Å². The van der Waals surface area contributed by atoms with Crippen molar-refractivity contribution in [3.05, 3.63) is 70.9 Å². The van der Waals surface area contributed by atoms with Crippen molar-refractivity contribution in [1.82, 2.24) is 15.2 Å². The second-order valence-corrected chi connectivity index (χ2v) is 8.08. The third-order valence-electron chi connectivity index (χ3n) is 5.51. The summed E-state index contributed by atoms with van der Waals surface area (Å²) in [4.78, 5) is 43.0. The molecule has 2 amide bonds. The molecular formula is C24H24ClN3O5. The molecule has 33 heavy (non-hydrogen) atoms. The van der Waals surface area contributed by atoms with E-state index in [-0.39, 0.29) is 22.9 Å². The monoisotopic (exact) mass is 469 g/mol. The van der Waals surface area contributed by atoms with Gasteiger partial charge in [-0.3, -0.25) is 9.59 Å². The number of hydrogen-bond acceptors (Lipinski definition) is 5. The Balaban J connectivity index is 1.50. The van der Waals surface area contributed by atoms with Crippen LogP contribution in [-0.4, -0.2) is 66.6 Å². The minimum atomic E-state index is -1.01. The molecule has 0 bridgehead atoms. The molecule has 8 nitrogen and oxygen atoms in total. The molecule has 1 atom stereocenters. The normalized spacial score (nSPS) is 14.6. The molecule has 0 aliphatic carbocycles. The number of H-pyrrole nitrogens is 1. The van der Waals surface area contributed by atoms with Gasteiger partial charge in [0.05, 0.1) is 23.8 Å². The van der Waals surface area contributed by atoms with E-state index in [0.29, 0.717) is 26.3 Å². The average Bonchev–Trinajstić information content (AvgIpc) is 3.25. The van der Waals surface area contributed by atoms with Crippen LogP contribution in [0.5, 0.6) is 0 Å². The molecule has 0 unspecified atom stereocenters. The lowest BCUT2D eigenvalue weighted by atomic mass is 10.0. The van der Waals surface area contributed by atoms with Crippen LogP contribution in [0.4, 0.5) is 0 Å². The Bertz CT molecular complexity index is 1160. The first kappa shape index (κ1) is 22.8. The number of hydrogen-bond donors (Lipinski definition) is 2. The number of rotatable bonds is 7. The smallest absolute Gasteiger partial charge is 0.329 e. The highest BCUT2D eigenvalue weighted by Crippen LogP contribution is 2.20. The summed E-state index contributed by atoms with van der Waals surface area (Å²) in [5.41, 5.74) is 2.01. The van der Waals surface area contributed by atoms with Crippen LogP contribution in [0, 0.1) is 0 Å². The zero-order valence-corrected chi connectivity index (χ0v) is 18.6. The molecule has 0 spiro atoms. The van der Waals surface area contributed by atoms with Crippen molar-refractivity contribution in [2.75, 3.05) is 32.9 Å². The van der Waals surface area contributed by atoms with Gasteiger partial charge in [-0.05, 0) is 23.8 Å². The highest BCUT2D eigenvalue weighted by molar-refractivity contribution is 6.33. The molecule has 0 saturated carbocycles. The number of carbonyl (C=O) groups is 3. The first-order chi connectivity index (χ1) is 16.0. The first-order valence-electron chi connectivity index (χ1n) is 10.7.